The van der Waals surface area contributed by atoms with Crippen molar-refractivity contribution in [1.82, 2.24) is 14.9 Å². The van der Waals surface area contributed by atoms with Crippen LogP contribution in [-0.2, 0) is 7.05 Å². The van der Waals surface area contributed by atoms with Gasteiger partial charge in [-0.2, -0.15) is 0 Å². The third kappa shape index (κ3) is 2.50. The maximum Gasteiger partial charge on any atom is 0.282 e. The first kappa shape index (κ1) is 13.3. The van der Waals surface area contributed by atoms with Crippen LogP contribution in [0.15, 0.2) is 29.1 Å². The molecule has 0 saturated carbocycles. The Kier molecular flexibility index (Phi) is 3.64. The van der Waals surface area contributed by atoms with Crippen LogP contribution in [-0.4, -0.2) is 21.5 Å². The van der Waals surface area contributed by atoms with Gasteiger partial charge in [0.15, 0.2) is 5.69 Å². The lowest BCUT2D eigenvalue weighted by Gasteiger charge is -2.12. The number of benzene rings is 1. The Balaban J connectivity index is 2.53. The molecule has 0 aliphatic carbocycles. The zero-order valence-electron chi connectivity index (χ0n) is 11.3. The number of nitrogens with zero attached hydrogens (tertiary/aromatic N) is 2. The maximum atomic E-state index is 12.1. The van der Waals surface area contributed by atoms with Crippen molar-refractivity contribution in [1.29, 1.82) is 0 Å². The normalized spacial score (nSPS) is 12.4. The van der Waals surface area contributed by atoms with Crippen LogP contribution in [0.5, 0.6) is 0 Å². The van der Waals surface area contributed by atoms with Crippen LogP contribution in [0, 0.1) is 0 Å². The number of amides is 1. The second-order valence-corrected chi connectivity index (χ2v) is 4.60. The molecule has 0 saturated heterocycles. The van der Waals surface area contributed by atoms with Gasteiger partial charge in [-0.05, 0) is 25.5 Å². The number of para-hydroxylation sites is 2. The molecule has 0 spiro atoms. The summed E-state index contributed by atoms with van der Waals surface area (Å²) in [5.41, 5.74) is 0.924. The van der Waals surface area contributed by atoms with Crippen molar-refractivity contribution in [2.45, 2.75) is 26.3 Å². The number of carbonyl (C=O) groups excluding carboxylic acids is 1. The van der Waals surface area contributed by atoms with E-state index in [2.05, 4.69) is 10.3 Å². The number of rotatable bonds is 3. The molecule has 1 atom stereocenters. The van der Waals surface area contributed by atoms with E-state index in [0.717, 1.165) is 6.42 Å². The number of aryl methyl sites for hydroxylation is 1. The Morgan fingerprint density at radius 1 is 1.42 bits per heavy atom. The van der Waals surface area contributed by atoms with E-state index in [0.29, 0.717) is 11.0 Å². The van der Waals surface area contributed by atoms with Crippen molar-refractivity contribution in [3.8, 4) is 0 Å². The largest absolute Gasteiger partial charge is 0.348 e. The van der Waals surface area contributed by atoms with Crippen molar-refractivity contribution < 1.29 is 4.79 Å². The average Bonchev–Trinajstić information content (AvgIpc) is 2.42. The highest BCUT2D eigenvalue weighted by Gasteiger charge is 2.17. The minimum Gasteiger partial charge on any atom is -0.348 e. The smallest absolute Gasteiger partial charge is 0.282 e. The second kappa shape index (κ2) is 5.22. The summed E-state index contributed by atoms with van der Waals surface area (Å²) in [6, 6.07) is 7.28. The number of fused-ring (bicyclic) bond motifs is 1. The molecular formula is C14H17N3O2. The van der Waals surface area contributed by atoms with Crippen molar-refractivity contribution >= 4 is 16.9 Å². The summed E-state index contributed by atoms with van der Waals surface area (Å²) in [4.78, 5) is 28.4. The molecule has 5 heteroatoms. The van der Waals surface area contributed by atoms with Crippen molar-refractivity contribution in [3.05, 3.63) is 40.3 Å². The predicted molar refractivity (Wildman–Crippen MR) is 74.2 cm³/mol. The Bertz CT molecular complexity index is 676. The summed E-state index contributed by atoms with van der Waals surface area (Å²) in [5, 5.41) is 2.76. The summed E-state index contributed by atoms with van der Waals surface area (Å²) in [7, 11) is 1.65. The minimum atomic E-state index is -0.416. The van der Waals surface area contributed by atoms with E-state index in [1.165, 1.54) is 4.57 Å². The predicted octanol–water partition coefficient (Wildman–Crippen LogP) is 1.46. The van der Waals surface area contributed by atoms with Crippen LogP contribution in [0.25, 0.3) is 11.0 Å². The summed E-state index contributed by atoms with van der Waals surface area (Å²) in [6.45, 7) is 3.86. The van der Waals surface area contributed by atoms with Gasteiger partial charge in [-0.3, -0.25) is 9.59 Å². The molecule has 2 aromatic rings. The molecule has 1 aromatic heterocycles. The molecule has 0 aliphatic heterocycles. The van der Waals surface area contributed by atoms with E-state index >= 15 is 0 Å². The number of nitrogens with one attached hydrogen (secondary N) is 1. The van der Waals surface area contributed by atoms with Crippen LogP contribution in [0.3, 0.4) is 0 Å². The molecule has 0 radical (unpaired) electrons. The average molecular weight is 259 g/mol. The monoisotopic (exact) mass is 259 g/mol. The molecule has 2 rings (SSSR count). The zero-order valence-corrected chi connectivity index (χ0v) is 11.3. The molecular weight excluding hydrogens is 242 g/mol. The Hall–Kier alpha value is -2.17. The van der Waals surface area contributed by atoms with Crippen molar-refractivity contribution in [2.24, 2.45) is 7.05 Å². The third-order valence-corrected chi connectivity index (χ3v) is 3.19. The Morgan fingerprint density at radius 2 is 2.11 bits per heavy atom. The quantitative estimate of drug-likeness (QED) is 0.907. The Labute approximate surface area is 111 Å². The lowest BCUT2D eigenvalue weighted by atomic mass is 10.2. The van der Waals surface area contributed by atoms with Gasteiger partial charge in [-0.1, -0.05) is 19.1 Å². The van der Waals surface area contributed by atoms with Gasteiger partial charge in [0.05, 0.1) is 11.0 Å². The molecule has 19 heavy (non-hydrogen) atoms. The fourth-order valence-corrected chi connectivity index (χ4v) is 1.82. The SMILES string of the molecule is CC[C@@H](C)NC(=O)c1nc2ccccc2n(C)c1=O. The molecule has 1 amide bonds. The van der Waals surface area contributed by atoms with Gasteiger partial charge >= 0.3 is 0 Å². The third-order valence-electron chi connectivity index (χ3n) is 3.19. The fraction of sp³-hybridized carbons (Fsp3) is 0.357. The highest BCUT2D eigenvalue weighted by atomic mass is 16.2. The first-order chi connectivity index (χ1) is 9.04. The van der Waals surface area contributed by atoms with E-state index < -0.39 is 5.91 Å². The summed E-state index contributed by atoms with van der Waals surface area (Å²) >= 11 is 0. The van der Waals surface area contributed by atoms with Crippen LogP contribution in [0.2, 0.25) is 0 Å². The molecule has 0 aliphatic rings. The Morgan fingerprint density at radius 3 is 2.79 bits per heavy atom. The summed E-state index contributed by atoms with van der Waals surface area (Å²) < 4.78 is 1.45. The highest BCUT2D eigenvalue weighted by Crippen LogP contribution is 2.08. The number of hydrogen-bond donors (Lipinski definition) is 1. The van der Waals surface area contributed by atoms with Crippen molar-refractivity contribution in [3.63, 3.8) is 0 Å². The van der Waals surface area contributed by atoms with E-state index in [4.69, 9.17) is 0 Å². The van der Waals surface area contributed by atoms with E-state index in [1.54, 1.807) is 19.2 Å². The van der Waals surface area contributed by atoms with Gasteiger partial charge in [0.25, 0.3) is 11.5 Å². The van der Waals surface area contributed by atoms with Gasteiger partial charge in [-0.15, -0.1) is 0 Å². The molecule has 0 fully saturated rings. The fourth-order valence-electron chi connectivity index (χ4n) is 1.82. The van der Waals surface area contributed by atoms with Crippen molar-refractivity contribution in [2.75, 3.05) is 0 Å². The standard InChI is InChI=1S/C14H17N3O2/c1-4-9(2)15-13(18)12-14(19)17(3)11-8-6-5-7-10(11)16-12/h5-9H,4H2,1-3H3,(H,15,18)/t9-/m1/s1. The molecule has 1 aromatic carbocycles. The van der Waals surface area contributed by atoms with E-state index in [9.17, 15) is 9.59 Å². The van der Waals surface area contributed by atoms with E-state index in [-0.39, 0.29) is 17.3 Å². The zero-order chi connectivity index (χ0) is 14.0. The molecule has 1 heterocycles. The van der Waals surface area contributed by atoms with Gasteiger partial charge in [-0.25, -0.2) is 4.98 Å². The van der Waals surface area contributed by atoms with E-state index in [1.807, 2.05) is 26.0 Å². The topological polar surface area (TPSA) is 64.0 Å². The first-order valence-electron chi connectivity index (χ1n) is 6.31. The number of hydrogen-bond acceptors (Lipinski definition) is 3. The van der Waals surface area contributed by atoms with Gasteiger partial charge in [0, 0.05) is 13.1 Å². The van der Waals surface area contributed by atoms with Gasteiger partial charge in [0.2, 0.25) is 0 Å². The minimum absolute atomic E-state index is 0.0190. The first-order valence-corrected chi connectivity index (χ1v) is 6.31. The lowest BCUT2D eigenvalue weighted by molar-refractivity contribution is 0.0932. The summed E-state index contributed by atoms with van der Waals surface area (Å²) in [6.07, 6.45) is 0.805. The number of carbonyl (C=O) groups is 1. The van der Waals surface area contributed by atoms with Crippen LogP contribution >= 0.6 is 0 Å². The van der Waals surface area contributed by atoms with Gasteiger partial charge < -0.3 is 9.88 Å². The molecule has 0 unspecified atom stereocenters. The van der Waals surface area contributed by atoms with Crippen LogP contribution < -0.4 is 10.9 Å². The second-order valence-electron chi connectivity index (χ2n) is 4.60. The molecule has 0 bridgehead atoms. The summed E-state index contributed by atoms with van der Waals surface area (Å²) in [5.74, 6) is -0.416. The molecule has 100 valence electrons. The number of aromatic nitrogens is 2. The van der Waals surface area contributed by atoms with Crippen LogP contribution in [0.1, 0.15) is 30.8 Å². The molecule has 1 N–H and O–H groups in total. The van der Waals surface area contributed by atoms with Gasteiger partial charge in [0.1, 0.15) is 0 Å². The maximum absolute atomic E-state index is 12.1. The highest BCUT2D eigenvalue weighted by molar-refractivity contribution is 5.94. The lowest BCUT2D eigenvalue weighted by Crippen LogP contribution is -2.38. The van der Waals surface area contributed by atoms with Crippen LogP contribution in [0.4, 0.5) is 0 Å². The molecule has 5 nitrogen and oxygen atoms in total.